The molecule has 1 fully saturated rings. The quantitative estimate of drug-likeness (QED) is 0.766. The number of amides is 1. The van der Waals surface area contributed by atoms with E-state index in [9.17, 15) is 4.79 Å². The van der Waals surface area contributed by atoms with Crippen molar-refractivity contribution in [3.05, 3.63) is 90.5 Å². The molecule has 1 heterocycles. The molecule has 1 aromatic heterocycles. The van der Waals surface area contributed by atoms with Crippen LogP contribution in [0.2, 0.25) is 0 Å². The van der Waals surface area contributed by atoms with Gasteiger partial charge in [0.15, 0.2) is 0 Å². The van der Waals surface area contributed by atoms with Gasteiger partial charge in [0.25, 0.3) is 0 Å². The van der Waals surface area contributed by atoms with Crippen LogP contribution in [-0.2, 0) is 10.2 Å². The summed E-state index contributed by atoms with van der Waals surface area (Å²) in [5.41, 5.74) is 7.28. The van der Waals surface area contributed by atoms with Crippen LogP contribution in [0.3, 0.4) is 0 Å². The normalized spacial score (nSPS) is 20.2. The lowest BCUT2D eigenvalue weighted by molar-refractivity contribution is -0.123. The zero-order valence-corrected chi connectivity index (χ0v) is 14.7. The molecule has 2 N–H and O–H groups in total. The Morgan fingerprint density at radius 1 is 1.00 bits per heavy atom. The average Bonchev–Trinajstić information content (AvgIpc) is 3.36. The van der Waals surface area contributed by atoms with Gasteiger partial charge in [-0.15, -0.1) is 0 Å². The predicted octanol–water partition coefficient (Wildman–Crippen LogP) is 3.70. The van der Waals surface area contributed by atoms with Gasteiger partial charge in [0.1, 0.15) is 5.41 Å². The van der Waals surface area contributed by atoms with Crippen LogP contribution < -0.4 is 5.73 Å². The fourth-order valence-corrected chi connectivity index (χ4v) is 4.63. The zero-order chi connectivity index (χ0) is 18.0. The second kappa shape index (κ2) is 6.79. The van der Waals surface area contributed by atoms with E-state index >= 15 is 0 Å². The van der Waals surface area contributed by atoms with Crippen molar-refractivity contribution in [1.29, 1.82) is 0 Å². The van der Waals surface area contributed by atoms with Crippen LogP contribution in [0, 0.1) is 5.92 Å². The highest BCUT2D eigenvalue weighted by Crippen LogP contribution is 2.49. The van der Waals surface area contributed by atoms with Crippen molar-refractivity contribution in [3.8, 4) is 0 Å². The molecule has 3 aromatic rings. The molecule has 0 unspecified atom stereocenters. The molecule has 1 aliphatic rings. The number of benzene rings is 2. The Hall–Kier alpha value is -2.88. The highest BCUT2D eigenvalue weighted by Gasteiger charge is 2.49. The first-order valence-electron chi connectivity index (χ1n) is 9.11. The van der Waals surface area contributed by atoms with Crippen molar-refractivity contribution in [2.24, 2.45) is 11.7 Å². The van der Waals surface area contributed by atoms with Gasteiger partial charge in [-0.2, -0.15) is 0 Å². The summed E-state index contributed by atoms with van der Waals surface area (Å²) < 4.78 is 2.15. The van der Waals surface area contributed by atoms with Crippen molar-refractivity contribution >= 4 is 5.91 Å². The number of nitrogens with zero attached hydrogens (tertiary/aromatic N) is 2. The molecule has 132 valence electrons. The van der Waals surface area contributed by atoms with Gasteiger partial charge in [-0.25, -0.2) is 4.98 Å². The fourth-order valence-electron chi connectivity index (χ4n) is 4.63. The molecule has 0 saturated heterocycles. The summed E-state index contributed by atoms with van der Waals surface area (Å²) in [5.74, 6) is -0.122. The van der Waals surface area contributed by atoms with E-state index in [2.05, 4.69) is 9.55 Å². The standard InChI is InChI=1S/C22H23N3O/c23-21(26)22(17-7-3-1-4-8-17,18-9-5-2-6-10-18)19-11-12-20(15-19)25-14-13-24-16-25/h1-10,13-14,16,19-20H,11-12,15H2,(H2,23,26)/t19-,20+/m1/s1. The van der Waals surface area contributed by atoms with E-state index in [1.807, 2.05) is 79.4 Å². The summed E-state index contributed by atoms with van der Waals surface area (Å²) in [4.78, 5) is 17.2. The number of primary amides is 1. The van der Waals surface area contributed by atoms with Crippen LogP contribution in [0.25, 0.3) is 0 Å². The number of nitrogens with two attached hydrogens (primary N) is 1. The van der Waals surface area contributed by atoms with Gasteiger partial charge in [0.05, 0.1) is 6.33 Å². The maximum Gasteiger partial charge on any atom is 0.232 e. The van der Waals surface area contributed by atoms with Gasteiger partial charge >= 0.3 is 0 Å². The second-order valence-corrected chi connectivity index (χ2v) is 7.08. The molecule has 0 aliphatic heterocycles. The van der Waals surface area contributed by atoms with E-state index in [-0.39, 0.29) is 11.8 Å². The average molecular weight is 345 g/mol. The summed E-state index contributed by atoms with van der Waals surface area (Å²) in [6.45, 7) is 0. The Balaban J connectivity index is 1.82. The minimum Gasteiger partial charge on any atom is -0.369 e. The van der Waals surface area contributed by atoms with E-state index < -0.39 is 5.41 Å². The molecule has 0 radical (unpaired) electrons. The van der Waals surface area contributed by atoms with Crippen molar-refractivity contribution in [1.82, 2.24) is 9.55 Å². The van der Waals surface area contributed by atoms with Gasteiger partial charge in [0.2, 0.25) is 5.91 Å². The Morgan fingerprint density at radius 3 is 2.12 bits per heavy atom. The minimum absolute atomic E-state index is 0.150. The molecule has 1 amide bonds. The maximum atomic E-state index is 13.0. The number of imidazole rings is 1. The number of hydrogen-bond donors (Lipinski definition) is 1. The monoisotopic (exact) mass is 345 g/mol. The number of aromatic nitrogens is 2. The van der Waals surface area contributed by atoms with Crippen LogP contribution in [0.1, 0.15) is 36.4 Å². The minimum atomic E-state index is -0.808. The third-order valence-electron chi connectivity index (χ3n) is 5.81. The van der Waals surface area contributed by atoms with E-state index in [0.717, 1.165) is 30.4 Å². The van der Waals surface area contributed by atoms with Gasteiger partial charge in [-0.05, 0) is 36.3 Å². The van der Waals surface area contributed by atoms with Gasteiger partial charge < -0.3 is 10.3 Å². The number of rotatable bonds is 5. The molecule has 4 rings (SSSR count). The predicted molar refractivity (Wildman–Crippen MR) is 101 cm³/mol. The topological polar surface area (TPSA) is 60.9 Å². The Bertz CT molecular complexity index is 819. The summed E-state index contributed by atoms with van der Waals surface area (Å²) in [6, 6.07) is 20.4. The lowest BCUT2D eigenvalue weighted by Crippen LogP contribution is -2.47. The van der Waals surface area contributed by atoms with Crippen LogP contribution in [0.4, 0.5) is 0 Å². The SMILES string of the molecule is NC(=O)C(c1ccccc1)(c1ccccc1)[C@@H]1CC[C@H](n2ccnc2)C1. The molecule has 1 aliphatic carbocycles. The van der Waals surface area contributed by atoms with Gasteiger partial charge in [-0.3, -0.25) is 4.79 Å². The maximum absolute atomic E-state index is 13.0. The zero-order valence-electron chi connectivity index (χ0n) is 14.7. The number of carbonyl (C=O) groups excluding carboxylic acids is 1. The van der Waals surface area contributed by atoms with E-state index in [1.165, 1.54) is 0 Å². The highest BCUT2D eigenvalue weighted by molar-refractivity contribution is 5.91. The summed E-state index contributed by atoms with van der Waals surface area (Å²) >= 11 is 0. The molecule has 26 heavy (non-hydrogen) atoms. The van der Waals surface area contributed by atoms with Crippen LogP contribution in [0.15, 0.2) is 79.4 Å². The fraction of sp³-hybridized carbons (Fsp3) is 0.273. The second-order valence-electron chi connectivity index (χ2n) is 7.08. The first-order chi connectivity index (χ1) is 12.7. The summed E-state index contributed by atoms with van der Waals surface area (Å²) in [6.07, 6.45) is 8.56. The molecule has 0 bridgehead atoms. The Labute approximate surface area is 153 Å². The summed E-state index contributed by atoms with van der Waals surface area (Å²) in [5, 5.41) is 0. The molecule has 4 nitrogen and oxygen atoms in total. The van der Waals surface area contributed by atoms with Crippen molar-refractivity contribution in [2.45, 2.75) is 30.7 Å². The molecule has 2 aromatic carbocycles. The van der Waals surface area contributed by atoms with Gasteiger partial charge in [-0.1, -0.05) is 60.7 Å². The number of carbonyl (C=O) groups is 1. The van der Waals surface area contributed by atoms with Crippen molar-refractivity contribution in [3.63, 3.8) is 0 Å². The van der Waals surface area contributed by atoms with Crippen molar-refractivity contribution < 1.29 is 4.79 Å². The van der Waals surface area contributed by atoms with Crippen LogP contribution >= 0.6 is 0 Å². The highest BCUT2D eigenvalue weighted by atomic mass is 16.1. The largest absolute Gasteiger partial charge is 0.369 e. The number of hydrogen-bond acceptors (Lipinski definition) is 2. The lowest BCUT2D eigenvalue weighted by atomic mass is 9.64. The summed E-state index contributed by atoms with van der Waals surface area (Å²) in [7, 11) is 0. The van der Waals surface area contributed by atoms with E-state index in [1.54, 1.807) is 0 Å². The lowest BCUT2D eigenvalue weighted by Gasteiger charge is -2.37. The smallest absolute Gasteiger partial charge is 0.232 e. The third-order valence-corrected chi connectivity index (χ3v) is 5.81. The molecular formula is C22H23N3O. The first-order valence-corrected chi connectivity index (χ1v) is 9.11. The van der Waals surface area contributed by atoms with Crippen LogP contribution in [0.5, 0.6) is 0 Å². The van der Waals surface area contributed by atoms with Gasteiger partial charge in [0, 0.05) is 18.4 Å². The molecule has 1 saturated carbocycles. The molecule has 0 spiro atoms. The molecular weight excluding hydrogens is 322 g/mol. The van der Waals surface area contributed by atoms with Crippen LogP contribution in [-0.4, -0.2) is 15.5 Å². The first kappa shape index (κ1) is 16.6. The van der Waals surface area contributed by atoms with Crippen molar-refractivity contribution in [2.75, 3.05) is 0 Å². The molecule has 4 heteroatoms. The third kappa shape index (κ3) is 2.62. The Morgan fingerprint density at radius 2 is 1.62 bits per heavy atom. The molecule has 2 atom stereocenters. The Kier molecular flexibility index (Phi) is 4.33. The van der Waals surface area contributed by atoms with E-state index in [4.69, 9.17) is 5.73 Å². The van der Waals surface area contributed by atoms with E-state index in [0.29, 0.717) is 6.04 Å².